The summed E-state index contributed by atoms with van der Waals surface area (Å²) in [7, 11) is 0. The second-order valence-corrected chi connectivity index (χ2v) is 5.24. The molecular formula is C17H16F3NO. The van der Waals surface area contributed by atoms with Crippen LogP contribution in [0.4, 0.5) is 18.9 Å². The topological polar surface area (TPSA) is 21.3 Å². The molecule has 116 valence electrons. The molecule has 0 aromatic heterocycles. The van der Waals surface area contributed by atoms with Gasteiger partial charge in [0.1, 0.15) is 5.75 Å². The lowest BCUT2D eigenvalue weighted by Gasteiger charge is -2.15. The van der Waals surface area contributed by atoms with Gasteiger partial charge in [-0.15, -0.1) is 0 Å². The third-order valence-corrected chi connectivity index (χ3v) is 3.77. The van der Waals surface area contributed by atoms with E-state index < -0.39 is 11.7 Å². The first-order chi connectivity index (χ1) is 10.5. The summed E-state index contributed by atoms with van der Waals surface area (Å²) in [4.78, 5) is 0. The number of benzene rings is 2. The van der Waals surface area contributed by atoms with Gasteiger partial charge in [-0.3, -0.25) is 0 Å². The molecule has 2 nitrogen and oxygen atoms in total. The predicted octanol–water partition coefficient (Wildman–Crippen LogP) is 4.81. The normalized spacial score (nSPS) is 17.0. The molecule has 1 aliphatic rings. The van der Waals surface area contributed by atoms with Crippen molar-refractivity contribution in [1.82, 2.24) is 0 Å². The monoisotopic (exact) mass is 307 g/mol. The Balaban J connectivity index is 1.90. The summed E-state index contributed by atoms with van der Waals surface area (Å²) in [5, 5.41) is 3.02. The standard InChI is InChI=1S/C17H16F3NO/c1-2-22-13-7-3-5-11(9-13)15-10-12-6-4-8-14(16(12)21-15)17(18,19)20/h3-9,15,21H,2,10H2,1H3. The fraction of sp³-hybridized carbons (Fsp3) is 0.294. The highest BCUT2D eigenvalue weighted by atomic mass is 19.4. The molecule has 0 spiro atoms. The molecule has 0 aliphatic carbocycles. The lowest BCUT2D eigenvalue weighted by molar-refractivity contribution is -0.136. The maximum atomic E-state index is 13.1. The van der Waals surface area contributed by atoms with E-state index in [1.54, 1.807) is 6.07 Å². The van der Waals surface area contributed by atoms with Crippen molar-refractivity contribution in [3.63, 3.8) is 0 Å². The second kappa shape index (κ2) is 5.55. The zero-order valence-corrected chi connectivity index (χ0v) is 12.1. The Hall–Kier alpha value is -2.17. The number of para-hydroxylation sites is 1. The molecule has 2 aromatic carbocycles. The van der Waals surface area contributed by atoms with Crippen molar-refractivity contribution in [1.29, 1.82) is 0 Å². The highest BCUT2D eigenvalue weighted by molar-refractivity contribution is 5.64. The number of nitrogens with one attached hydrogen (secondary N) is 1. The van der Waals surface area contributed by atoms with Crippen LogP contribution in [0.5, 0.6) is 5.75 Å². The van der Waals surface area contributed by atoms with Crippen LogP contribution in [-0.2, 0) is 12.6 Å². The van der Waals surface area contributed by atoms with Crippen LogP contribution in [0.25, 0.3) is 0 Å². The molecule has 0 bridgehead atoms. The summed E-state index contributed by atoms with van der Waals surface area (Å²) < 4.78 is 44.7. The van der Waals surface area contributed by atoms with Crippen LogP contribution in [0, 0.1) is 0 Å². The van der Waals surface area contributed by atoms with Crippen LogP contribution < -0.4 is 10.1 Å². The summed E-state index contributed by atoms with van der Waals surface area (Å²) in [5.74, 6) is 0.730. The lowest BCUT2D eigenvalue weighted by atomic mass is 10.0. The first-order valence-electron chi connectivity index (χ1n) is 7.17. The number of hydrogen-bond donors (Lipinski definition) is 1. The van der Waals surface area contributed by atoms with Gasteiger partial charge in [0.2, 0.25) is 0 Å². The first kappa shape index (κ1) is 14.8. The first-order valence-corrected chi connectivity index (χ1v) is 7.17. The van der Waals surface area contributed by atoms with Crippen LogP contribution in [0.15, 0.2) is 42.5 Å². The number of fused-ring (bicyclic) bond motifs is 1. The van der Waals surface area contributed by atoms with Crippen LogP contribution in [0.2, 0.25) is 0 Å². The SMILES string of the molecule is CCOc1cccc(C2Cc3cccc(C(F)(F)F)c3N2)c1. The number of anilines is 1. The van der Waals surface area contributed by atoms with Gasteiger partial charge in [0.25, 0.3) is 0 Å². The summed E-state index contributed by atoms with van der Waals surface area (Å²) in [6.07, 6.45) is -3.81. The molecule has 22 heavy (non-hydrogen) atoms. The van der Waals surface area contributed by atoms with E-state index >= 15 is 0 Å². The molecule has 1 N–H and O–H groups in total. The van der Waals surface area contributed by atoms with Gasteiger partial charge >= 0.3 is 6.18 Å². The van der Waals surface area contributed by atoms with Crippen LogP contribution in [0.1, 0.15) is 29.7 Å². The van der Waals surface area contributed by atoms with Crippen molar-refractivity contribution in [3.05, 3.63) is 59.2 Å². The number of alkyl halides is 3. The van der Waals surface area contributed by atoms with Gasteiger partial charge in [0.05, 0.1) is 23.9 Å². The van der Waals surface area contributed by atoms with E-state index in [0.717, 1.165) is 17.4 Å². The Kier molecular flexibility index (Phi) is 3.72. The number of hydrogen-bond acceptors (Lipinski definition) is 2. The van der Waals surface area contributed by atoms with Crippen LogP contribution in [0.3, 0.4) is 0 Å². The maximum absolute atomic E-state index is 13.1. The van der Waals surface area contributed by atoms with E-state index in [-0.39, 0.29) is 11.7 Å². The molecule has 1 atom stereocenters. The Morgan fingerprint density at radius 1 is 1.18 bits per heavy atom. The van der Waals surface area contributed by atoms with Crippen molar-refractivity contribution in [2.24, 2.45) is 0 Å². The predicted molar refractivity (Wildman–Crippen MR) is 79.1 cm³/mol. The molecule has 0 amide bonds. The Labute approximate surface area is 126 Å². The van der Waals surface area contributed by atoms with Gasteiger partial charge in [0, 0.05) is 0 Å². The highest BCUT2D eigenvalue weighted by Crippen LogP contribution is 2.43. The summed E-state index contributed by atoms with van der Waals surface area (Å²) in [5.41, 5.74) is 1.21. The van der Waals surface area contributed by atoms with Gasteiger partial charge in [0.15, 0.2) is 0 Å². The smallest absolute Gasteiger partial charge is 0.418 e. The van der Waals surface area contributed by atoms with Gasteiger partial charge < -0.3 is 10.1 Å². The van der Waals surface area contributed by atoms with Crippen molar-refractivity contribution in [3.8, 4) is 5.75 Å². The average Bonchev–Trinajstić information content (AvgIpc) is 2.90. The fourth-order valence-corrected chi connectivity index (χ4v) is 2.81. The van der Waals surface area contributed by atoms with Crippen molar-refractivity contribution in [2.75, 3.05) is 11.9 Å². The molecule has 0 fully saturated rings. The van der Waals surface area contributed by atoms with Gasteiger partial charge in [-0.25, -0.2) is 0 Å². The zero-order chi connectivity index (χ0) is 15.7. The molecule has 2 aromatic rings. The quantitative estimate of drug-likeness (QED) is 0.878. The largest absolute Gasteiger partial charge is 0.494 e. The third kappa shape index (κ3) is 2.75. The highest BCUT2D eigenvalue weighted by Gasteiger charge is 2.37. The summed E-state index contributed by atoms with van der Waals surface area (Å²) in [6.45, 7) is 2.45. The minimum atomic E-state index is -4.35. The Morgan fingerprint density at radius 3 is 2.68 bits per heavy atom. The van der Waals surface area contributed by atoms with E-state index in [4.69, 9.17) is 4.74 Å². The molecule has 0 radical (unpaired) electrons. The molecule has 1 aliphatic heterocycles. The number of halogens is 3. The molecule has 1 heterocycles. The molecule has 3 rings (SSSR count). The van der Waals surface area contributed by atoms with E-state index in [0.29, 0.717) is 18.6 Å². The molecular weight excluding hydrogens is 291 g/mol. The summed E-state index contributed by atoms with van der Waals surface area (Å²) >= 11 is 0. The van der Waals surface area contributed by atoms with E-state index in [1.165, 1.54) is 6.07 Å². The zero-order valence-electron chi connectivity index (χ0n) is 12.1. The van der Waals surface area contributed by atoms with Crippen LogP contribution >= 0.6 is 0 Å². The Bertz CT molecular complexity index is 682. The van der Waals surface area contributed by atoms with Crippen LogP contribution in [-0.4, -0.2) is 6.61 Å². The summed E-state index contributed by atoms with van der Waals surface area (Å²) in [6, 6.07) is 11.6. The van der Waals surface area contributed by atoms with E-state index in [2.05, 4.69) is 5.32 Å². The molecule has 0 saturated carbocycles. The molecule has 1 unspecified atom stereocenters. The third-order valence-electron chi connectivity index (χ3n) is 3.77. The maximum Gasteiger partial charge on any atom is 0.418 e. The van der Waals surface area contributed by atoms with Gasteiger partial charge in [-0.1, -0.05) is 24.3 Å². The molecule has 5 heteroatoms. The number of rotatable bonds is 3. The van der Waals surface area contributed by atoms with Gasteiger partial charge in [-0.05, 0) is 42.7 Å². The number of ether oxygens (including phenoxy) is 1. The minimum absolute atomic E-state index is 0.168. The van der Waals surface area contributed by atoms with Crippen molar-refractivity contribution in [2.45, 2.75) is 25.6 Å². The van der Waals surface area contributed by atoms with E-state index in [1.807, 2.05) is 31.2 Å². The molecule has 0 saturated heterocycles. The average molecular weight is 307 g/mol. The lowest BCUT2D eigenvalue weighted by Crippen LogP contribution is -2.10. The van der Waals surface area contributed by atoms with E-state index in [9.17, 15) is 13.2 Å². The van der Waals surface area contributed by atoms with Crippen molar-refractivity contribution < 1.29 is 17.9 Å². The Morgan fingerprint density at radius 2 is 1.95 bits per heavy atom. The minimum Gasteiger partial charge on any atom is -0.494 e. The van der Waals surface area contributed by atoms with Crippen molar-refractivity contribution >= 4 is 5.69 Å². The van der Waals surface area contributed by atoms with Gasteiger partial charge in [-0.2, -0.15) is 13.2 Å². The second-order valence-electron chi connectivity index (χ2n) is 5.24. The fourth-order valence-electron chi connectivity index (χ4n) is 2.81.